The molecular formula is C14H21FN2. The summed E-state index contributed by atoms with van der Waals surface area (Å²) in [5.41, 5.74) is 8.30. The average Bonchev–Trinajstić information content (AvgIpc) is 3.03. The van der Waals surface area contributed by atoms with Crippen LogP contribution in [0.15, 0.2) is 12.1 Å². The van der Waals surface area contributed by atoms with Gasteiger partial charge < -0.3 is 11.1 Å². The maximum absolute atomic E-state index is 13.3. The summed E-state index contributed by atoms with van der Waals surface area (Å²) >= 11 is 0. The number of aryl methyl sites for hydroxylation is 1. The molecule has 1 fully saturated rings. The molecular weight excluding hydrogens is 215 g/mol. The molecule has 0 heterocycles. The van der Waals surface area contributed by atoms with E-state index >= 15 is 0 Å². The standard InChI is InChI=1S/C14H21FN2/c1-3-4-14(5-6-14)9-17-13-7-10(2)11(15)8-12(13)16/h7-8,17H,3-6,9,16H2,1-2H3. The fourth-order valence-electron chi connectivity index (χ4n) is 2.35. The van der Waals surface area contributed by atoms with Crippen LogP contribution in [0.25, 0.3) is 0 Å². The van der Waals surface area contributed by atoms with Gasteiger partial charge >= 0.3 is 0 Å². The number of nitrogen functional groups attached to an aromatic ring is 1. The summed E-state index contributed by atoms with van der Waals surface area (Å²) in [7, 11) is 0. The molecule has 0 amide bonds. The lowest BCUT2D eigenvalue weighted by molar-refractivity contribution is 0.486. The van der Waals surface area contributed by atoms with Crippen molar-refractivity contribution >= 4 is 11.4 Å². The fraction of sp³-hybridized carbons (Fsp3) is 0.571. The topological polar surface area (TPSA) is 38.0 Å². The second-order valence-electron chi connectivity index (χ2n) is 5.29. The summed E-state index contributed by atoms with van der Waals surface area (Å²) < 4.78 is 13.3. The van der Waals surface area contributed by atoms with Crippen molar-refractivity contribution in [1.29, 1.82) is 0 Å². The van der Waals surface area contributed by atoms with Crippen LogP contribution >= 0.6 is 0 Å². The molecule has 0 aromatic heterocycles. The van der Waals surface area contributed by atoms with Gasteiger partial charge in [0, 0.05) is 6.54 Å². The first-order valence-electron chi connectivity index (χ1n) is 6.36. The first kappa shape index (κ1) is 12.2. The molecule has 3 heteroatoms. The van der Waals surface area contributed by atoms with Crippen molar-refractivity contribution in [3.8, 4) is 0 Å². The molecule has 0 bridgehead atoms. The Morgan fingerprint density at radius 1 is 1.41 bits per heavy atom. The van der Waals surface area contributed by atoms with Crippen LogP contribution in [0.3, 0.4) is 0 Å². The van der Waals surface area contributed by atoms with Crippen LogP contribution in [0, 0.1) is 18.2 Å². The highest BCUT2D eigenvalue weighted by Gasteiger charge is 2.41. The van der Waals surface area contributed by atoms with E-state index in [2.05, 4.69) is 12.2 Å². The van der Waals surface area contributed by atoms with Crippen LogP contribution in [-0.4, -0.2) is 6.54 Å². The Bertz CT molecular complexity index is 411. The van der Waals surface area contributed by atoms with Crippen LogP contribution in [0.4, 0.5) is 15.8 Å². The third-order valence-corrected chi connectivity index (χ3v) is 3.72. The molecule has 1 aliphatic rings. The maximum Gasteiger partial charge on any atom is 0.128 e. The van der Waals surface area contributed by atoms with Crippen LogP contribution in [0.5, 0.6) is 0 Å². The molecule has 1 aliphatic carbocycles. The van der Waals surface area contributed by atoms with E-state index in [1.807, 2.05) is 0 Å². The lowest BCUT2D eigenvalue weighted by Gasteiger charge is -2.17. The van der Waals surface area contributed by atoms with E-state index in [-0.39, 0.29) is 5.82 Å². The van der Waals surface area contributed by atoms with Crippen LogP contribution in [0.1, 0.15) is 38.2 Å². The maximum atomic E-state index is 13.3. The molecule has 1 aromatic carbocycles. The number of nitrogens with one attached hydrogen (secondary N) is 1. The van der Waals surface area contributed by atoms with Gasteiger partial charge in [0.05, 0.1) is 11.4 Å². The summed E-state index contributed by atoms with van der Waals surface area (Å²) in [5.74, 6) is -0.234. The van der Waals surface area contributed by atoms with Gasteiger partial charge in [-0.05, 0) is 49.3 Å². The minimum atomic E-state index is -0.234. The summed E-state index contributed by atoms with van der Waals surface area (Å²) in [4.78, 5) is 0. The SMILES string of the molecule is CCCC1(CNc2cc(C)c(F)cc2N)CC1. The molecule has 0 atom stereocenters. The Kier molecular flexibility index (Phi) is 3.27. The molecule has 0 radical (unpaired) electrons. The molecule has 17 heavy (non-hydrogen) atoms. The highest BCUT2D eigenvalue weighted by Crippen LogP contribution is 2.49. The lowest BCUT2D eigenvalue weighted by atomic mass is 10.0. The second-order valence-corrected chi connectivity index (χ2v) is 5.29. The zero-order valence-corrected chi connectivity index (χ0v) is 10.6. The Morgan fingerprint density at radius 2 is 2.12 bits per heavy atom. The Hall–Kier alpha value is -1.25. The van der Waals surface area contributed by atoms with E-state index in [1.165, 1.54) is 31.7 Å². The highest BCUT2D eigenvalue weighted by atomic mass is 19.1. The number of benzene rings is 1. The minimum Gasteiger partial charge on any atom is -0.397 e. The molecule has 3 N–H and O–H groups in total. The van der Waals surface area contributed by atoms with Crippen LogP contribution < -0.4 is 11.1 Å². The molecule has 0 spiro atoms. The highest BCUT2D eigenvalue weighted by molar-refractivity contribution is 5.67. The summed E-state index contributed by atoms with van der Waals surface area (Å²) in [6.45, 7) is 4.94. The number of hydrogen-bond donors (Lipinski definition) is 2. The number of halogens is 1. The molecule has 2 nitrogen and oxygen atoms in total. The van der Waals surface area contributed by atoms with Crippen LogP contribution in [0.2, 0.25) is 0 Å². The number of nitrogens with two attached hydrogens (primary N) is 1. The van der Waals surface area contributed by atoms with Gasteiger partial charge in [0.25, 0.3) is 0 Å². The molecule has 1 aromatic rings. The van der Waals surface area contributed by atoms with E-state index in [0.717, 1.165) is 12.2 Å². The van der Waals surface area contributed by atoms with Crippen molar-refractivity contribution < 1.29 is 4.39 Å². The van der Waals surface area contributed by atoms with E-state index in [9.17, 15) is 4.39 Å². The zero-order valence-electron chi connectivity index (χ0n) is 10.6. The molecule has 1 saturated carbocycles. The Morgan fingerprint density at radius 3 is 2.71 bits per heavy atom. The third kappa shape index (κ3) is 2.71. The number of rotatable bonds is 5. The quantitative estimate of drug-likeness (QED) is 0.765. The first-order valence-corrected chi connectivity index (χ1v) is 6.36. The Labute approximate surface area is 102 Å². The van der Waals surface area contributed by atoms with Gasteiger partial charge in [-0.3, -0.25) is 0 Å². The first-order chi connectivity index (χ1) is 8.06. The fourth-order valence-corrected chi connectivity index (χ4v) is 2.35. The molecule has 2 rings (SSSR count). The van der Waals surface area contributed by atoms with Crippen LogP contribution in [-0.2, 0) is 0 Å². The van der Waals surface area contributed by atoms with Crippen molar-refractivity contribution in [2.24, 2.45) is 5.41 Å². The minimum absolute atomic E-state index is 0.234. The van der Waals surface area contributed by atoms with Gasteiger partial charge in [-0.15, -0.1) is 0 Å². The molecule has 0 aliphatic heterocycles. The molecule has 0 unspecified atom stereocenters. The van der Waals surface area contributed by atoms with Gasteiger partial charge in [-0.25, -0.2) is 4.39 Å². The van der Waals surface area contributed by atoms with E-state index in [1.54, 1.807) is 13.0 Å². The normalized spacial score (nSPS) is 16.9. The Balaban J connectivity index is 2.02. The van der Waals surface area contributed by atoms with E-state index in [0.29, 0.717) is 16.7 Å². The monoisotopic (exact) mass is 236 g/mol. The average molecular weight is 236 g/mol. The summed E-state index contributed by atoms with van der Waals surface area (Å²) in [5, 5.41) is 3.38. The summed E-state index contributed by atoms with van der Waals surface area (Å²) in [6.07, 6.45) is 5.08. The lowest BCUT2D eigenvalue weighted by Crippen LogP contribution is -2.16. The largest absolute Gasteiger partial charge is 0.397 e. The van der Waals surface area contributed by atoms with Gasteiger partial charge in [0.15, 0.2) is 0 Å². The van der Waals surface area contributed by atoms with Crippen molar-refractivity contribution in [2.45, 2.75) is 39.5 Å². The van der Waals surface area contributed by atoms with E-state index < -0.39 is 0 Å². The smallest absolute Gasteiger partial charge is 0.128 e. The third-order valence-electron chi connectivity index (χ3n) is 3.72. The predicted octanol–water partition coefficient (Wildman–Crippen LogP) is 3.71. The second kappa shape index (κ2) is 4.55. The van der Waals surface area contributed by atoms with Crippen molar-refractivity contribution in [3.05, 3.63) is 23.5 Å². The van der Waals surface area contributed by atoms with E-state index in [4.69, 9.17) is 5.73 Å². The predicted molar refractivity (Wildman–Crippen MR) is 70.6 cm³/mol. The van der Waals surface area contributed by atoms with Gasteiger partial charge in [-0.1, -0.05) is 13.3 Å². The summed E-state index contributed by atoms with van der Waals surface area (Å²) in [6, 6.07) is 3.20. The van der Waals surface area contributed by atoms with Gasteiger partial charge in [-0.2, -0.15) is 0 Å². The van der Waals surface area contributed by atoms with Crippen molar-refractivity contribution in [2.75, 3.05) is 17.6 Å². The van der Waals surface area contributed by atoms with Crippen molar-refractivity contribution in [3.63, 3.8) is 0 Å². The molecule has 0 saturated heterocycles. The van der Waals surface area contributed by atoms with Gasteiger partial charge in [0.2, 0.25) is 0 Å². The molecule has 94 valence electrons. The number of anilines is 2. The number of hydrogen-bond acceptors (Lipinski definition) is 2. The van der Waals surface area contributed by atoms with Gasteiger partial charge in [0.1, 0.15) is 5.82 Å². The van der Waals surface area contributed by atoms with Crippen molar-refractivity contribution in [1.82, 2.24) is 0 Å². The zero-order chi connectivity index (χ0) is 12.5.